The van der Waals surface area contributed by atoms with E-state index in [1.54, 1.807) is 12.3 Å². The number of H-pyrrole nitrogens is 1. The number of fused-ring (bicyclic) bond motifs is 1. The molecule has 0 bridgehead atoms. The lowest BCUT2D eigenvalue weighted by Gasteiger charge is -2.13. The summed E-state index contributed by atoms with van der Waals surface area (Å²) in [4.78, 5) is 15.2. The molecule has 1 heterocycles. The number of aromatic nitrogens is 1. The van der Waals surface area contributed by atoms with Gasteiger partial charge in [0.05, 0.1) is 5.56 Å². The predicted molar refractivity (Wildman–Crippen MR) is 61.3 cm³/mol. The van der Waals surface area contributed by atoms with Crippen LogP contribution in [0.1, 0.15) is 11.9 Å². The van der Waals surface area contributed by atoms with E-state index in [2.05, 4.69) is 4.98 Å². The molecule has 0 aliphatic rings. The van der Waals surface area contributed by atoms with E-state index < -0.39 is 6.29 Å². The fourth-order valence-electron chi connectivity index (χ4n) is 1.71. The second-order valence-electron chi connectivity index (χ2n) is 3.42. The lowest BCUT2D eigenvalue weighted by atomic mass is 10.1. The van der Waals surface area contributed by atoms with Crippen molar-refractivity contribution in [3.63, 3.8) is 0 Å². The van der Waals surface area contributed by atoms with Crippen molar-refractivity contribution in [2.45, 2.75) is 6.29 Å². The van der Waals surface area contributed by atoms with Crippen LogP contribution in [-0.4, -0.2) is 19.2 Å². The lowest BCUT2D eigenvalue weighted by Crippen LogP contribution is -2.17. The number of pyridine rings is 1. The minimum atomic E-state index is -0.631. The Hall–Kier alpha value is -1.65. The molecule has 0 saturated carbocycles. The van der Waals surface area contributed by atoms with E-state index in [1.807, 2.05) is 18.2 Å². The van der Waals surface area contributed by atoms with Crippen LogP contribution < -0.4 is 5.43 Å². The summed E-state index contributed by atoms with van der Waals surface area (Å²) in [6.45, 7) is 0. The number of nitrogens with one attached hydrogen (secondary N) is 1. The first-order chi connectivity index (χ1) is 7.77. The van der Waals surface area contributed by atoms with Gasteiger partial charge in [0.15, 0.2) is 11.7 Å². The minimum absolute atomic E-state index is 0.0666. The number of hydrogen-bond acceptors (Lipinski definition) is 3. The highest BCUT2D eigenvalue weighted by molar-refractivity contribution is 5.78. The number of para-hydroxylation sites is 1. The standard InChI is InChI=1S/C12H13NO3/c1-15-12(16-2)9-7-13-10-6-4-3-5-8(10)11(9)14/h3-7,12H,1-2H3,(H,13,14). The van der Waals surface area contributed by atoms with Gasteiger partial charge < -0.3 is 14.5 Å². The van der Waals surface area contributed by atoms with Gasteiger partial charge in [-0.05, 0) is 12.1 Å². The number of benzene rings is 1. The van der Waals surface area contributed by atoms with E-state index in [0.29, 0.717) is 10.9 Å². The van der Waals surface area contributed by atoms with Crippen molar-refractivity contribution in [2.75, 3.05) is 14.2 Å². The fourth-order valence-corrected chi connectivity index (χ4v) is 1.71. The van der Waals surface area contributed by atoms with Gasteiger partial charge in [-0.1, -0.05) is 12.1 Å². The predicted octanol–water partition coefficient (Wildman–Crippen LogP) is 1.82. The van der Waals surface area contributed by atoms with Crippen molar-refractivity contribution in [1.82, 2.24) is 4.98 Å². The molecule has 0 aliphatic heterocycles. The Balaban J connectivity index is 2.65. The van der Waals surface area contributed by atoms with Gasteiger partial charge in [-0.15, -0.1) is 0 Å². The zero-order valence-electron chi connectivity index (χ0n) is 9.19. The number of methoxy groups -OCH3 is 2. The largest absolute Gasteiger partial charge is 0.360 e. The van der Waals surface area contributed by atoms with Gasteiger partial charge in [0, 0.05) is 31.3 Å². The van der Waals surface area contributed by atoms with Crippen LogP contribution >= 0.6 is 0 Å². The van der Waals surface area contributed by atoms with Crippen molar-refractivity contribution in [1.29, 1.82) is 0 Å². The maximum Gasteiger partial charge on any atom is 0.197 e. The van der Waals surface area contributed by atoms with Gasteiger partial charge in [-0.25, -0.2) is 0 Å². The Kier molecular flexibility index (Phi) is 3.03. The van der Waals surface area contributed by atoms with E-state index in [4.69, 9.17) is 9.47 Å². The molecule has 0 saturated heterocycles. The molecular formula is C12H13NO3. The monoisotopic (exact) mass is 219 g/mol. The minimum Gasteiger partial charge on any atom is -0.360 e. The van der Waals surface area contributed by atoms with E-state index in [1.165, 1.54) is 14.2 Å². The zero-order valence-corrected chi connectivity index (χ0v) is 9.19. The quantitative estimate of drug-likeness (QED) is 0.801. The van der Waals surface area contributed by atoms with Crippen LogP contribution in [0.25, 0.3) is 10.9 Å². The number of rotatable bonds is 3. The third kappa shape index (κ3) is 1.73. The molecule has 84 valence electrons. The molecule has 0 atom stereocenters. The summed E-state index contributed by atoms with van der Waals surface area (Å²) in [5, 5.41) is 0.638. The molecular weight excluding hydrogens is 206 g/mol. The third-order valence-corrected chi connectivity index (χ3v) is 2.50. The first-order valence-electron chi connectivity index (χ1n) is 4.94. The first kappa shape index (κ1) is 10.9. The topological polar surface area (TPSA) is 51.3 Å². The van der Waals surface area contributed by atoms with Crippen LogP contribution in [0.2, 0.25) is 0 Å². The van der Waals surface area contributed by atoms with Crippen LogP contribution in [0.15, 0.2) is 35.3 Å². The maximum absolute atomic E-state index is 12.1. The lowest BCUT2D eigenvalue weighted by molar-refractivity contribution is -0.106. The van der Waals surface area contributed by atoms with Crippen LogP contribution in [0.4, 0.5) is 0 Å². The molecule has 1 aromatic carbocycles. The van der Waals surface area contributed by atoms with E-state index in [-0.39, 0.29) is 5.43 Å². The molecule has 2 aromatic rings. The van der Waals surface area contributed by atoms with E-state index >= 15 is 0 Å². The number of hydrogen-bond donors (Lipinski definition) is 1. The highest BCUT2D eigenvalue weighted by atomic mass is 16.7. The van der Waals surface area contributed by atoms with Crippen LogP contribution in [0.5, 0.6) is 0 Å². The smallest absolute Gasteiger partial charge is 0.197 e. The summed E-state index contributed by atoms with van der Waals surface area (Å²) < 4.78 is 10.1. The summed E-state index contributed by atoms with van der Waals surface area (Å²) in [5.74, 6) is 0. The molecule has 4 nitrogen and oxygen atoms in total. The molecule has 0 unspecified atom stereocenters. The second-order valence-corrected chi connectivity index (χ2v) is 3.42. The molecule has 0 aliphatic carbocycles. The first-order valence-corrected chi connectivity index (χ1v) is 4.94. The SMILES string of the molecule is COC(OC)c1c[nH]c2ccccc2c1=O. The Morgan fingerprint density at radius 3 is 2.56 bits per heavy atom. The van der Waals surface area contributed by atoms with Crippen molar-refractivity contribution in [3.8, 4) is 0 Å². The van der Waals surface area contributed by atoms with Gasteiger partial charge in [0.2, 0.25) is 0 Å². The van der Waals surface area contributed by atoms with Crippen molar-refractivity contribution in [3.05, 3.63) is 46.2 Å². The van der Waals surface area contributed by atoms with Gasteiger partial charge >= 0.3 is 0 Å². The number of ether oxygens (including phenoxy) is 2. The summed E-state index contributed by atoms with van der Waals surface area (Å²) in [5.41, 5.74) is 1.22. The van der Waals surface area contributed by atoms with Crippen molar-refractivity contribution in [2.24, 2.45) is 0 Å². The molecule has 0 spiro atoms. The average molecular weight is 219 g/mol. The van der Waals surface area contributed by atoms with Crippen molar-refractivity contribution >= 4 is 10.9 Å². The fraction of sp³-hybridized carbons (Fsp3) is 0.250. The molecule has 4 heteroatoms. The molecule has 1 aromatic heterocycles. The van der Waals surface area contributed by atoms with Gasteiger partial charge in [-0.2, -0.15) is 0 Å². The molecule has 0 radical (unpaired) electrons. The molecule has 0 fully saturated rings. The second kappa shape index (κ2) is 4.47. The van der Waals surface area contributed by atoms with Crippen LogP contribution in [0, 0.1) is 0 Å². The average Bonchev–Trinajstić information content (AvgIpc) is 2.34. The van der Waals surface area contributed by atoms with Crippen LogP contribution in [0.3, 0.4) is 0 Å². The van der Waals surface area contributed by atoms with Crippen LogP contribution in [-0.2, 0) is 9.47 Å². The Morgan fingerprint density at radius 2 is 1.88 bits per heavy atom. The summed E-state index contributed by atoms with van der Waals surface area (Å²) in [6, 6.07) is 7.34. The highest BCUT2D eigenvalue weighted by Gasteiger charge is 2.14. The summed E-state index contributed by atoms with van der Waals surface area (Å²) in [6.07, 6.45) is 0.996. The molecule has 0 amide bonds. The normalized spacial score (nSPS) is 11.2. The summed E-state index contributed by atoms with van der Waals surface area (Å²) >= 11 is 0. The zero-order chi connectivity index (χ0) is 11.5. The molecule has 16 heavy (non-hydrogen) atoms. The maximum atomic E-state index is 12.1. The van der Waals surface area contributed by atoms with Crippen molar-refractivity contribution < 1.29 is 9.47 Å². The summed E-state index contributed by atoms with van der Waals surface area (Å²) in [7, 11) is 3.01. The number of aromatic amines is 1. The Bertz CT molecular complexity index is 543. The van der Waals surface area contributed by atoms with Gasteiger partial charge in [-0.3, -0.25) is 4.79 Å². The van der Waals surface area contributed by atoms with E-state index in [0.717, 1.165) is 5.52 Å². The molecule has 2 rings (SSSR count). The third-order valence-electron chi connectivity index (χ3n) is 2.50. The molecule has 1 N–H and O–H groups in total. The Morgan fingerprint density at radius 1 is 1.19 bits per heavy atom. The Labute approximate surface area is 92.8 Å². The van der Waals surface area contributed by atoms with Gasteiger partial charge in [0.25, 0.3) is 0 Å². The van der Waals surface area contributed by atoms with Gasteiger partial charge in [0.1, 0.15) is 0 Å². The highest BCUT2D eigenvalue weighted by Crippen LogP contribution is 2.15. The van der Waals surface area contributed by atoms with E-state index in [9.17, 15) is 4.79 Å².